The quantitative estimate of drug-likeness (QED) is 0.800. The molecule has 1 N–H and O–H groups in total. The molecule has 0 aromatic carbocycles. The second kappa shape index (κ2) is 4.10. The highest BCUT2D eigenvalue weighted by molar-refractivity contribution is 7.15. The lowest BCUT2D eigenvalue weighted by Crippen LogP contribution is -2.07. The summed E-state index contributed by atoms with van der Waals surface area (Å²) in [7, 11) is 0. The molecule has 15 heavy (non-hydrogen) atoms. The van der Waals surface area contributed by atoms with Gasteiger partial charge in [-0.15, -0.1) is 10.2 Å². The molecule has 0 unspecified atom stereocenters. The molecule has 0 atom stereocenters. The van der Waals surface area contributed by atoms with E-state index in [2.05, 4.69) is 15.5 Å². The van der Waals surface area contributed by atoms with Gasteiger partial charge >= 0.3 is 0 Å². The van der Waals surface area contributed by atoms with E-state index in [-0.39, 0.29) is 5.91 Å². The summed E-state index contributed by atoms with van der Waals surface area (Å²) in [6.45, 7) is 3.77. The lowest BCUT2D eigenvalue weighted by Gasteiger charge is -1.94. The van der Waals surface area contributed by atoms with Crippen molar-refractivity contribution in [2.45, 2.75) is 32.6 Å². The number of carbonyl (C=O) groups excluding carboxylic acids is 1. The van der Waals surface area contributed by atoms with Gasteiger partial charge in [0.25, 0.3) is 0 Å². The van der Waals surface area contributed by atoms with Gasteiger partial charge in [-0.3, -0.25) is 10.1 Å². The number of hydrogen-bond donors (Lipinski definition) is 1. The molecule has 1 aromatic rings. The van der Waals surface area contributed by atoms with Gasteiger partial charge in [-0.05, 0) is 26.7 Å². The maximum absolute atomic E-state index is 11.4. The normalized spacial score (nSPS) is 14.8. The zero-order chi connectivity index (χ0) is 10.8. The molecule has 1 amide bonds. The fraction of sp³-hybridized carbons (Fsp3) is 0.500. The van der Waals surface area contributed by atoms with Crippen LogP contribution >= 0.6 is 11.3 Å². The molecule has 4 nitrogen and oxygen atoms in total. The highest BCUT2D eigenvalue weighted by atomic mass is 32.1. The van der Waals surface area contributed by atoms with E-state index in [0.29, 0.717) is 11.0 Å². The van der Waals surface area contributed by atoms with E-state index in [0.717, 1.165) is 10.6 Å². The van der Waals surface area contributed by atoms with E-state index in [4.69, 9.17) is 0 Å². The van der Waals surface area contributed by atoms with Gasteiger partial charge < -0.3 is 0 Å². The average molecular weight is 223 g/mol. The topological polar surface area (TPSA) is 54.9 Å². The molecule has 1 aliphatic carbocycles. The lowest BCUT2D eigenvalue weighted by molar-refractivity contribution is -0.111. The summed E-state index contributed by atoms with van der Waals surface area (Å²) in [6.07, 6.45) is 3.96. The number of rotatable bonds is 3. The standard InChI is InChI=1S/C10H13N3OS/c1-6(2)5-8(14)11-10-13-12-9(15-10)7-3-4-7/h5,7H,3-4H2,1-2H3,(H,11,13,14). The highest BCUT2D eigenvalue weighted by Crippen LogP contribution is 2.41. The number of allylic oxidation sites excluding steroid dienone is 1. The van der Waals surface area contributed by atoms with Crippen molar-refractivity contribution in [3.8, 4) is 0 Å². The maximum Gasteiger partial charge on any atom is 0.250 e. The molecule has 2 rings (SSSR count). The van der Waals surface area contributed by atoms with Crippen molar-refractivity contribution < 1.29 is 4.79 Å². The third-order valence-electron chi connectivity index (χ3n) is 2.02. The molecule has 5 heteroatoms. The monoisotopic (exact) mass is 223 g/mol. The van der Waals surface area contributed by atoms with Crippen molar-refractivity contribution in [1.29, 1.82) is 0 Å². The number of nitrogens with zero attached hydrogens (tertiary/aromatic N) is 2. The summed E-state index contributed by atoms with van der Waals surface area (Å²) in [5.74, 6) is 0.463. The predicted molar refractivity (Wildman–Crippen MR) is 59.9 cm³/mol. The van der Waals surface area contributed by atoms with Crippen LogP contribution in [0.15, 0.2) is 11.6 Å². The van der Waals surface area contributed by atoms with E-state index >= 15 is 0 Å². The Morgan fingerprint density at radius 3 is 2.80 bits per heavy atom. The molecule has 0 aliphatic heterocycles. The van der Waals surface area contributed by atoms with Crippen molar-refractivity contribution in [2.75, 3.05) is 5.32 Å². The molecule has 1 aromatic heterocycles. The predicted octanol–water partition coefficient (Wildman–Crippen LogP) is 2.32. The molecule has 1 heterocycles. The SMILES string of the molecule is CC(C)=CC(=O)Nc1nnc(C2CC2)s1. The number of nitrogens with one attached hydrogen (secondary N) is 1. The van der Waals surface area contributed by atoms with Crippen molar-refractivity contribution in [2.24, 2.45) is 0 Å². The third-order valence-corrected chi connectivity index (χ3v) is 3.02. The third kappa shape index (κ3) is 2.86. The first-order valence-corrected chi connectivity index (χ1v) is 5.76. The Bertz CT molecular complexity index is 403. The van der Waals surface area contributed by atoms with E-state index in [1.165, 1.54) is 24.2 Å². The molecule has 0 spiro atoms. The van der Waals surface area contributed by atoms with Gasteiger partial charge in [-0.1, -0.05) is 16.9 Å². The molecular formula is C10H13N3OS. The number of carbonyl (C=O) groups is 1. The molecule has 0 saturated heterocycles. The molecular weight excluding hydrogens is 210 g/mol. The Hall–Kier alpha value is -1.23. The minimum absolute atomic E-state index is 0.131. The minimum atomic E-state index is -0.131. The molecule has 1 aliphatic rings. The Morgan fingerprint density at radius 2 is 2.20 bits per heavy atom. The summed E-state index contributed by atoms with van der Waals surface area (Å²) in [4.78, 5) is 11.4. The van der Waals surface area contributed by atoms with Gasteiger partial charge in [-0.2, -0.15) is 0 Å². The van der Waals surface area contributed by atoms with Crippen LogP contribution in [0.1, 0.15) is 37.6 Å². The molecule has 80 valence electrons. The largest absolute Gasteiger partial charge is 0.297 e. The van der Waals surface area contributed by atoms with Gasteiger partial charge in [0.05, 0.1) is 0 Å². The van der Waals surface area contributed by atoms with Crippen LogP contribution in [-0.2, 0) is 4.79 Å². The van der Waals surface area contributed by atoms with Gasteiger partial charge in [0.15, 0.2) is 0 Å². The van der Waals surface area contributed by atoms with Crippen molar-refractivity contribution in [1.82, 2.24) is 10.2 Å². The summed E-state index contributed by atoms with van der Waals surface area (Å²) < 4.78 is 0. The average Bonchev–Trinajstić information content (AvgIpc) is 2.87. The summed E-state index contributed by atoms with van der Waals surface area (Å²) in [5, 5.41) is 12.3. The van der Waals surface area contributed by atoms with Crippen LogP contribution < -0.4 is 5.32 Å². The maximum atomic E-state index is 11.4. The first-order chi connectivity index (χ1) is 7.15. The van der Waals surface area contributed by atoms with Crippen molar-refractivity contribution in [3.05, 3.63) is 16.7 Å². The van der Waals surface area contributed by atoms with E-state index in [9.17, 15) is 4.79 Å². The lowest BCUT2D eigenvalue weighted by atomic mass is 10.3. The Morgan fingerprint density at radius 1 is 1.47 bits per heavy atom. The summed E-state index contributed by atoms with van der Waals surface area (Å²) in [6, 6.07) is 0. The molecule has 0 radical (unpaired) electrons. The zero-order valence-corrected chi connectivity index (χ0v) is 9.60. The minimum Gasteiger partial charge on any atom is -0.297 e. The molecule has 1 fully saturated rings. The van der Waals surface area contributed by atoms with Crippen molar-refractivity contribution in [3.63, 3.8) is 0 Å². The van der Waals surface area contributed by atoms with Crippen LogP contribution in [0.25, 0.3) is 0 Å². The van der Waals surface area contributed by atoms with E-state index in [1.54, 1.807) is 6.08 Å². The summed E-state index contributed by atoms with van der Waals surface area (Å²) in [5.41, 5.74) is 0.972. The Balaban J connectivity index is 1.98. The van der Waals surface area contributed by atoms with Crippen LogP contribution in [0, 0.1) is 0 Å². The van der Waals surface area contributed by atoms with Gasteiger partial charge in [0, 0.05) is 12.0 Å². The number of aromatic nitrogens is 2. The van der Waals surface area contributed by atoms with Gasteiger partial charge in [-0.25, -0.2) is 0 Å². The van der Waals surface area contributed by atoms with Gasteiger partial charge in [0.2, 0.25) is 11.0 Å². The number of hydrogen-bond acceptors (Lipinski definition) is 4. The Kier molecular flexibility index (Phi) is 2.81. The molecule has 0 bridgehead atoms. The fourth-order valence-electron chi connectivity index (χ4n) is 1.18. The first kappa shape index (κ1) is 10.3. The highest BCUT2D eigenvalue weighted by Gasteiger charge is 2.27. The van der Waals surface area contributed by atoms with E-state index < -0.39 is 0 Å². The van der Waals surface area contributed by atoms with Crippen LogP contribution in [0.2, 0.25) is 0 Å². The Labute approximate surface area is 92.4 Å². The van der Waals surface area contributed by atoms with Crippen LogP contribution in [-0.4, -0.2) is 16.1 Å². The van der Waals surface area contributed by atoms with Gasteiger partial charge in [0.1, 0.15) is 5.01 Å². The zero-order valence-electron chi connectivity index (χ0n) is 8.78. The molecule has 1 saturated carbocycles. The van der Waals surface area contributed by atoms with Crippen LogP contribution in [0.4, 0.5) is 5.13 Å². The van der Waals surface area contributed by atoms with Crippen molar-refractivity contribution >= 4 is 22.4 Å². The second-order valence-corrected chi connectivity index (χ2v) is 4.94. The smallest absolute Gasteiger partial charge is 0.250 e. The number of amides is 1. The van der Waals surface area contributed by atoms with E-state index in [1.807, 2.05) is 13.8 Å². The number of anilines is 1. The fourth-order valence-corrected chi connectivity index (χ4v) is 2.10. The van der Waals surface area contributed by atoms with Crippen LogP contribution in [0.5, 0.6) is 0 Å². The second-order valence-electron chi connectivity index (χ2n) is 3.93. The summed E-state index contributed by atoms with van der Waals surface area (Å²) >= 11 is 1.48. The first-order valence-electron chi connectivity index (χ1n) is 4.94. The van der Waals surface area contributed by atoms with Crippen LogP contribution in [0.3, 0.4) is 0 Å².